The fourth-order valence-corrected chi connectivity index (χ4v) is 1.59. The van der Waals surface area contributed by atoms with Crippen molar-refractivity contribution >= 4 is 11.8 Å². The molecule has 20 heavy (non-hydrogen) atoms. The zero-order valence-corrected chi connectivity index (χ0v) is 12.2. The van der Waals surface area contributed by atoms with Crippen LogP contribution in [-0.4, -0.2) is 32.0 Å². The molecule has 5 nitrogen and oxygen atoms in total. The molecule has 0 aliphatic rings. The molecule has 0 saturated heterocycles. The highest BCUT2D eigenvalue weighted by atomic mass is 16.5. The average molecular weight is 278 g/mol. The fraction of sp³-hybridized carbons (Fsp3) is 0.467. The maximum absolute atomic E-state index is 11.8. The van der Waals surface area contributed by atoms with Gasteiger partial charge in [-0.05, 0) is 17.7 Å². The monoisotopic (exact) mass is 278 g/mol. The van der Waals surface area contributed by atoms with Crippen molar-refractivity contribution in [3.05, 3.63) is 35.4 Å². The lowest BCUT2D eigenvalue weighted by Gasteiger charge is -2.09. The van der Waals surface area contributed by atoms with Gasteiger partial charge in [0.2, 0.25) is 5.91 Å². The first kappa shape index (κ1) is 16.2. The van der Waals surface area contributed by atoms with Crippen LogP contribution in [-0.2, 0) is 16.1 Å². The first-order valence-electron chi connectivity index (χ1n) is 6.68. The average Bonchev–Trinajstić information content (AvgIpc) is 2.44. The summed E-state index contributed by atoms with van der Waals surface area (Å²) in [6.07, 6.45) is 0. The molecule has 0 aliphatic carbocycles. The van der Waals surface area contributed by atoms with Crippen LogP contribution in [0.1, 0.15) is 29.8 Å². The zero-order chi connectivity index (χ0) is 15.0. The van der Waals surface area contributed by atoms with E-state index in [-0.39, 0.29) is 17.7 Å². The molecule has 110 valence electrons. The lowest BCUT2D eigenvalue weighted by molar-refractivity contribution is -0.123. The molecule has 0 spiro atoms. The number of hydrogen-bond donors (Lipinski definition) is 2. The topological polar surface area (TPSA) is 67.4 Å². The molecule has 0 saturated carbocycles. The summed E-state index contributed by atoms with van der Waals surface area (Å²) in [5.74, 6) is -0.199. The minimum absolute atomic E-state index is 0.0110. The van der Waals surface area contributed by atoms with Gasteiger partial charge in [-0.25, -0.2) is 0 Å². The standard InChI is InChI=1S/C15H22N2O3/c1-11(2)14(18)16-8-9-17-15(19)13-6-4-12(5-7-13)10-20-3/h4-7,11H,8-10H2,1-3H3,(H,16,18)(H,17,19). The van der Waals surface area contributed by atoms with Gasteiger partial charge in [-0.15, -0.1) is 0 Å². The summed E-state index contributed by atoms with van der Waals surface area (Å²) >= 11 is 0. The Labute approximate surface area is 119 Å². The van der Waals surface area contributed by atoms with Crippen molar-refractivity contribution in [1.29, 1.82) is 0 Å². The molecule has 0 aliphatic heterocycles. The van der Waals surface area contributed by atoms with Crippen molar-refractivity contribution in [3.8, 4) is 0 Å². The van der Waals surface area contributed by atoms with Crippen LogP contribution >= 0.6 is 0 Å². The van der Waals surface area contributed by atoms with Crippen molar-refractivity contribution in [2.45, 2.75) is 20.5 Å². The van der Waals surface area contributed by atoms with E-state index in [1.54, 1.807) is 19.2 Å². The normalized spacial score (nSPS) is 10.4. The molecule has 1 aromatic rings. The molecule has 0 radical (unpaired) electrons. The molecule has 0 heterocycles. The molecule has 2 amide bonds. The van der Waals surface area contributed by atoms with Crippen LogP contribution < -0.4 is 10.6 Å². The molecule has 5 heteroatoms. The second kappa shape index (κ2) is 8.32. The number of amides is 2. The number of hydrogen-bond acceptors (Lipinski definition) is 3. The van der Waals surface area contributed by atoms with Gasteiger partial charge in [-0.3, -0.25) is 9.59 Å². The predicted molar refractivity (Wildman–Crippen MR) is 77.3 cm³/mol. The lowest BCUT2D eigenvalue weighted by atomic mass is 10.1. The SMILES string of the molecule is COCc1ccc(C(=O)NCCNC(=O)C(C)C)cc1. The Kier molecular flexibility index (Phi) is 6.73. The van der Waals surface area contributed by atoms with Crippen LogP contribution in [0, 0.1) is 5.92 Å². The summed E-state index contributed by atoms with van der Waals surface area (Å²) in [5, 5.41) is 5.50. The number of methoxy groups -OCH3 is 1. The number of carbonyl (C=O) groups excluding carboxylic acids is 2. The van der Waals surface area contributed by atoms with Gasteiger partial charge in [0, 0.05) is 31.7 Å². The third-order valence-electron chi connectivity index (χ3n) is 2.76. The van der Waals surface area contributed by atoms with Gasteiger partial charge in [0.1, 0.15) is 0 Å². The third-order valence-corrected chi connectivity index (χ3v) is 2.76. The van der Waals surface area contributed by atoms with Gasteiger partial charge in [0.05, 0.1) is 6.61 Å². The van der Waals surface area contributed by atoms with E-state index in [2.05, 4.69) is 10.6 Å². The number of carbonyl (C=O) groups is 2. The molecular weight excluding hydrogens is 256 g/mol. The smallest absolute Gasteiger partial charge is 0.251 e. The largest absolute Gasteiger partial charge is 0.380 e. The van der Waals surface area contributed by atoms with E-state index in [0.717, 1.165) is 5.56 Å². The highest BCUT2D eigenvalue weighted by Gasteiger charge is 2.07. The summed E-state index contributed by atoms with van der Waals surface area (Å²) in [6.45, 7) is 5.04. The van der Waals surface area contributed by atoms with E-state index in [1.807, 2.05) is 26.0 Å². The maximum Gasteiger partial charge on any atom is 0.251 e. The van der Waals surface area contributed by atoms with E-state index >= 15 is 0 Å². The second-order valence-electron chi connectivity index (χ2n) is 4.83. The summed E-state index contributed by atoms with van der Waals surface area (Å²) in [6, 6.07) is 7.24. The first-order chi connectivity index (χ1) is 9.54. The van der Waals surface area contributed by atoms with Gasteiger partial charge in [0.25, 0.3) is 5.91 Å². The summed E-state index contributed by atoms with van der Waals surface area (Å²) < 4.78 is 5.01. The molecule has 0 aromatic heterocycles. The van der Waals surface area contributed by atoms with Crippen LogP contribution in [0.25, 0.3) is 0 Å². The Morgan fingerprint density at radius 3 is 2.25 bits per heavy atom. The quantitative estimate of drug-likeness (QED) is 0.740. The minimum atomic E-state index is -0.146. The molecule has 0 bridgehead atoms. The Hall–Kier alpha value is -1.88. The van der Waals surface area contributed by atoms with Crippen LogP contribution in [0.15, 0.2) is 24.3 Å². The van der Waals surface area contributed by atoms with Crippen molar-refractivity contribution in [2.75, 3.05) is 20.2 Å². The van der Waals surface area contributed by atoms with Gasteiger partial charge in [-0.2, -0.15) is 0 Å². The van der Waals surface area contributed by atoms with Crippen LogP contribution in [0.4, 0.5) is 0 Å². The first-order valence-corrected chi connectivity index (χ1v) is 6.68. The van der Waals surface area contributed by atoms with Gasteiger partial charge >= 0.3 is 0 Å². The van der Waals surface area contributed by atoms with Crippen LogP contribution in [0.3, 0.4) is 0 Å². The predicted octanol–water partition coefficient (Wildman–Crippen LogP) is 1.33. The van der Waals surface area contributed by atoms with Gasteiger partial charge in [0.15, 0.2) is 0 Å². The van der Waals surface area contributed by atoms with E-state index in [9.17, 15) is 9.59 Å². The highest BCUT2D eigenvalue weighted by Crippen LogP contribution is 2.05. The van der Waals surface area contributed by atoms with E-state index in [1.165, 1.54) is 0 Å². The summed E-state index contributed by atoms with van der Waals surface area (Å²) in [5.41, 5.74) is 1.62. The second-order valence-corrected chi connectivity index (χ2v) is 4.83. The lowest BCUT2D eigenvalue weighted by Crippen LogP contribution is -2.36. The van der Waals surface area contributed by atoms with Crippen molar-refractivity contribution in [3.63, 3.8) is 0 Å². The van der Waals surface area contributed by atoms with E-state index in [4.69, 9.17) is 4.74 Å². The van der Waals surface area contributed by atoms with Crippen molar-refractivity contribution in [2.24, 2.45) is 5.92 Å². The van der Waals surface area contributed by atoms with Gasteiger partial charge in [-0.1, -0.05) is 26.0 Å². The number of ether oxygens (including phenoxy) is 1. The Morgan fingerprint density at radius 1 is 1.10 bits per heavy atom. The number of benzene rings is 1. The fourth-order valence-electron chi connectivity index (χ4n) is 1.59. The molecule has 1 aromatic carbocycles. The van der Waals surface area contributed by atoms with Crippen LogP contribution in [0.2, 0.25) is 0 Å². The third kappa shape index (κ3) is 5.40. The molecule has 0 atom stereocenters. The molecular formula is C15H22N2O3. The van der Waals surface area contributed by atoms with Crippen molar-refractivity contribution in [1.82, 2.24) is 10.6 Å². The van der Waals surface area contributed by atoms with Crippen LogP contribution in [0.5, 0.6) is 0 Å². The van der Waals surface area contributed by atoms with E-state index in [0.29, 0.717) is 25.3 Å². The Morgan fingerprint density at radius 2 is 1.70 bits per heavy atom. The summed E-state index contributed by atoms with van der Waals surface area (Å²) in [4.78, 5) is 23.2. The number of rotatable bonds is 7. The minimum Gasteiger partial charge on any atom is -0.380 e. The molecule has 0 unspecified atom stereocenters. The Bertz CT molecular complexity index is 441. The maximum atomic E-state index is 11.8. The van der Waals surface area contributed by atoms with Crippen molar-refractivity contribution < 1.29 is 14.3 Å². The highest BCUT2D eigenvalue weighted by molar-refractivity contribution is 5.94. The van der Waals surface area contributed by atoms with E-state index < -0.39 is 0 Å². The molecule has 2 N–H and O–H groups in total. The van der Waals surface area contributed by atoms with Gasteiger partial charge < -0.3 is 15.4 Å². The number of nitrogens with one attached hydrogen (secondary N) is 2. The Balaban J connectivity index is 2.34. The zero-order valence-electron chi connectivity index (χ0n) is 12.2. The molecule has 1 rings (SSSR count). The summed E-state index contributed by atoms with van der Waals surface area (Å²) in [7, 11) is 1.63. The molecule has 0 fully saturated rings.